The van der Waals surface area contributed by atoms with Crippen LogP contribution in [0.1, 0.15) is 0 Å². The first kappa shape index (κ1) is 9.33. The first-order valence-corrected chi connectivity index (χ1v) is 5.99. The van der Waals surface area contributed by atoms with Gasteiger partial charge in [-0.3, -0.25) is 0 Å². The number of nitrogens with zero attached hydrogens (tertiary/aromatic N) is 1. The summed E-state index contributed by atoms with van der Waals surface area (Å²) in [4.78, 5) is 2.30. The standard InChI is InChI=1S/C9H12N2O2S/c1-11-4-5-14(12,13)9-3-2-7(10)6-8(9)11/h2-3,6H,4-5,10H2,1H3. The van der Waals surface area contributed by atoms with Crippen LogP contribution in [0.3, 0.4) is 0 Å². The summed E-state index contributed by atoms with van der Waals surface area (Å²) < 4.78 is 23.3. The zero-order valence-corrected chi connectivity index (χ0v) is 8.71. The van der Waals surface area contributed by atoms with Crippen molar-refractivity contribution in [1.82, 2.24) is 0 Å². The monoisotopic (exact) mass is 212 g/mol. The second kappa shape index (κ2) is 2.88. The molecular formula is C9H12N2O2S. The molecule has 0 saturated carbocycles. The van der Waals surface area contributed by atoms with Gasteiger partial charge in [-0.2, -0.15) is 0 Å². The fourth-order valence-electron chi connectivity index (χ4n) is 1.58. The molecule has 4 nitrogen and oxygen atoms in total. The third kappa shape index (κ3) is 1.33. The van der Waals surface area contributed by atoms with Crippen LogP contribution in [-0.4, -0.2) is 27.8 Å². The molecular weight excluding hydrogens is 200 g/mol. The number of anilines is 2. The SMILES string of the molecule is CN1CCS(=O)(=O)c2ccc(N)cc21. The Morgan fingerprint density at radius 1 is 1.43 bits per heavy atom. The lowest BCUT2D eigenvalue weighted by Crippen LogP contribution is -2.32. The molecule has 1 aliphatic rings. The number of benzene rings is 1. The molecule has 0 aliphatic carbocycles. The maximum Gasteiger partial charge on any atom is 0.182 e. The third-order valence-electron chi connectivity index (χ3n) is 2.42. The van der Waals surface area contributed by atoms with Gasteiger partial charge in [-0.15, -0.1) is 0 Å². The molecule has 0 amide bonds. The van der Waals surface area contributed by atoms with Crippen molar-refractivity contribution in [2.24, 2.45) is 0 Å². The Labute approximate surface area is 83.2 Å². The summed E-state index contributed by atoms with van der Waals surface area (Å²) in [6.45, 7) is 0.527. The molecule has 0 radical (unpaired) electrons. The molecule has 1 aliphatic heterocycles. The largest absolute Gasteiger partial charge is 0.399 e. The van der Waals surface area contributed by atoms with E-state index in [9.17, 15) is 8.42 Å². The van der Waals surface area contributed by atoms with Crippen LogP contribution in [0.5, 0.6) is 0 Å². The Kier molecular flexibility index (Phi) is 1.92. The van der Waals surface area contributed by atoms with Crippen LogP contribution in [0, 0.1) is 0 Å². The number of nitrogens with two attached hydrogens (primary N) is 1. The minimum Gasteiger partial charge on any atom is -0.399 e. The Hall–Kier alpha value is -1.23. The van der Waals surface area contributed by atoms with E-state index in [1.54, 1.807) is 18.2 Å². The van der Waals surface area contributed by atoms with E-state index in [1.807, 2.05) is 11.9 Å². The van der Waals surface area contributed by atoms with Crippen molar-refractivity contribution in [3.05, 3.63) is 18.2 Å². The van der Waals surface area contributed by atoms with E-state index in [2.05, 4.69) is 0 Å². The molecule has 76 valence electrons. The molecule has 1 heterocycles. The molecule has 1 aromatic carbocycles. The molecule has 0 fully saturated rings. The normalized spacial score (nSPS) is 19.1. The van der Waals surface area contributed by atoms with Gasteiger partial charge in [0.1, 0.15) is 0 Å². The van der Waals surface area contributed by atoms with Crippen molar-refractivity contribution >= 4 is 21.2 Å². The molecule has 0 saturated heterocycles. The van der Waals surface area contributed by atoms with E-state index < -0.39 is 9.84 Å². The maximum atomic E-state index is 11.7. The van der Waals surface area contributed by atoms with Crippen LogP contribution in [-0.2, 0) is 9.84 Å². The van der Waals surface area contributed by atoms with Crippen molar-refractivity contribution in [1.29, 1.82) is 0 Å². The van der Waals surface area contributed by atoms with Gasteiger partial charge in [-0.1, -0.05) is 0 Å². The summed E-state index contributed by atoms with van der Waals surface area (Å²) in [5.41, 5.74) is 6.91. The molecule has 0 atom stereocenters. The van der Waals surface area contributed by atoms with Gasteiger partial charge in [0.25, 0.3) is 0 Å². The lowest BCUT2D eigenvalue weighted by atomic mass is 10.2. The highest BCUT2D eigenvalue weighted by molar-refractivity contribution is 7.91. The van der Waals surface area contributed by atoms with Gasteiger partial charge in [0, 0.05) is 19.3 Å². The summed E-state index contributed by atoms with van der Waals surface area (Å²) in [5.74, 6) is 0.181. The molecule has 1 aromatic rings. The maximum absolute atomic E-state index is 11.7. The lowest BCUT2D eigenvalue weighted by molar-refractivity contribution is 0.591. The molecule has 0 aromatic heterocycles. The number of sulfone groups is 1. The predicted molar refractivity (Wildman–Crippen MR) is 56.2 cm³/mol. The quantitative estimate of drug-likeness (QED) is 0.636. The lowest BCUT2D eigenvalue weighted by Gasteiger charge is -2.27. The Balaban J connectivity index is 2.69. The van der Waals surface area contributed by atoms with Crippen molar-refractivity contribution in [3.63, 3.8) is 0 Å². The summed E-state index contributed by atoms with van der Waals surface area (Å²) in [6.07, 6.45) is 0. The van der Waals surface area contributed by atoms with Gasteiger partial charge < -0.3 is 10.6 Å². The number of fused-ring (bicyclic) bond motifs is 1. The third-order valence-corrected chi connectivity index (χ3v) is 4.16. The number of nitrogen functional groups attached to an aromatic ring is 1. The van der Waals surface area contributed by atoms with Gasteiger partial charge in [0.2, 0.25) is 0 Å². The first-order valence-electron chi connectivity index (χ1n) is 4.34. The zero-order chi connectivity index (χ0) is 10.3. The molecule has 0 unspecified atom stereocenters. The van der Waals surface area contributed by atoms with Crippen LogP contribution in [0.2, 0.25) is 0 Å². The molecule has 0 bridgehead atoms. The molecule has 2 rings (SSSR count). The first-order chi connectivity index (χ1) is 6.50. The number of rotatable bonds is 0. The number of hydrogen-bond acceptors (Lipinski definition) is 4. The van der Waals surface area contributed by atoms with Crippen LogP contribution >= 0.6 is 0 Å². The average Bonchev–Trinajstić information content (AvgIpc) is 2.12. The zero-order valence-electron chi connectivity index (χ0n) is 7.90. The van der Waals surface area contributed by atoms with Gasteiger partial charge in [0.05, 0.1) is 16.3 Å². The van der Waals surface area contributed by atoms with Crippen molar-refractivity contribution < 1.29 is 8.42 Å². The smallest absolute Gasteiger partial charge is 0.182 e. The summed E-state index contributed by atoms with van der Waals surface area (Å²) >= 11 is 0. The summed E-state index contributed by atoms with van der Waals surface area (Å²) in [6, 6.07) is 4.90. The Morgan fingerprint density at radius 3 is 2.86 bits per heavy atom. The van der Waals surface area contributed by atoms with Gasteiger partial charge in [0.15, 0.2) is 9.84 Å². The minimum atomic E-state index is -3.09. The average molecular weight is 212 g/mol. The Morgan fingerprint density at radius 2 is 2.14 bits per heavy atom. The molecule has 5 heteroatoms. The topological polar surface area (TPSA) is 63.4 Å². The number of hydrogen-bond donors (Lipinski definition) is 1. The highest BCUT2D eigenvalue weighted by Gasteiger charge is 2.26. The molecule has 14 heavy (non-hydrogen) atoms. The summed E-state index contributed by atoms with van der Waals surface area (Å²) in [5, 5.41) is 0. The highest BCUT2D eigenvalue weighted by Crippen LogP contribution is 2.30. The van der Waals surface area contributed by atoms with Crippen molar-refractivity contribution in [2.45, 2.75) is 4.90 Å². The van der Waals surface area contributed by atoms with Crippen molar-refractivity contribution in [2.75, 3.05) is 30.0 Å². The van der Waals surface area contributed by atoms with E-state index in [0.717, 1.165) is 0 Å². The van der Waals surface area contributed by atoms with Crippen molar-refractivity contribution in [3.8, 4) is 0 Å². The van der Waals surface area contributed by atoms with Crippen LogP contribution in [0.4, 0.5) is 11.4 Å². The van der Waals surface area contributed by atoms with E-state index in [-0.39, 0.29) is 5.75 Å². The van der Waals surface area contributed by atoms with E-state index in [0.29, 0.717) is 22.8 Å². The fourth-order valence-corrected chi connectivity index (χ4v) is 3.13. The van der Waals surface area contributed by atoms with Crippen LogP contribution in [0.25, 0.3) is 0 Å². The second-order valence-corrected chi connectivity index (χ2v) is 5.55. The van der Waals surface area contributed by atoms with Gasteiger partial charge >= 0.3 is 0 Å². The van der Waals surface area contributed by atoms with Crippen LogP contribution in [0.15, 0.2) is 23.1 Å². The molecule has 2 N–H and O–H groups in total. The van der Waals surface area contributed by atoms with Crippen LogP contribution < -0.4 is 10.6 Å². The van der Waals surface area contributed by atoms with E-state index in [1.165, 1.54) is 0 Å². The second-order valence-electron chi connectivity index (χ2n) is 3.47. The van der Waals surface area contributed by atoms with Gasteiger partial charge in [-0.05, 0) is 18.2 Å². The summed E-state index contributed by atoms with van der Waals surface area (Å²) in [7, 11) is -1.22. The minimum absolute atomic E-state index is 0.181. The Bertz CT molecular complexity index is 468. The van der Waals surface area contributed by atoms with E-state index >= 15 is 0 Å². The fraction of sp³-hybridized carbons (Fsp3) is 0.333. The molecule has 0 spiro atoms. The highest BCUT2D eigenvalue weighted by atomic mass is 32.2. The van der Waals surface area contributed by atoms with Gasteiger partial charge in [-0.25, -0.2) is 8.42 Å². The van der Waals surface area contributed by atoms with E-state index in [4.69, 9.17) is 5.73 Å². The predicted octanol–water partition coefficient (Wildman–Crippen LogP) is 0.492.